The van der Waals surface area contributed by atoms with Crippen molar-refractivity contribution < 1.29 is 23.9 Å². The third kappa shape index (κ3) is 23.5. The smallest absolute Gasteiger partial charge is 0.323 e. The first-order valence-corrected chi connectivity index (χ1v) is 34.0. The van der Waals surface area contributed by atoms with E-state index in [4.69, 9.17) is 9.47 Å². The summed E-state index contributed by atoms with van der Waals surface area (Å²) in [7, 11) is 0.847. The predicted molar refractivity (Wildman–Crippen MR) is 329 cm³/mol. The van der Waals surface area contributed by atoms with Crippen molar-refractivity contribution in [1.82, 2.24) is 19.6 Å². The molecule has 0 bridgehead atoms. The van der Waals surface area contributed by atoms with Crippen LogP contribution in [-0.2, 0) is 46.3 Å². The van der Waals surface area contributed by atoms with Gasteiger partial charge >= 0.3 is 11.9 Å². The number of carbonyl (C=O) groups excluding carboxylic acids is 3. The Labute approximate surface area is 475 Å². The standard InChI is InChI=1S/C20H29OS.C15H28N3O2.C15H30N3O2.C14H21S/c1-20(2,22-14-6-7-15-22)19(21)18-12-10-17(11-13-18)16-8-4-3-5-9-16;1-2-16-7-4-3-5-8-17-9-11-18(12-10-17)14-6-13-20-15(14)19;1-3-16-8-6-5-7-9-17-10-12-18(13-11-17)14-15(19)20-4-2;1-14(2,3)12-6-8-13(9-7-12)15-10-4-5-11-15/h10-13,16H,3-9,14-15H2,1-2H3;14H,2-13H2,1H3;3-14H2,1-2H3;6-9H,4-5,10-11H2,1-3H3/q+1;2*-1;+1. The zero-order chi connectivity index (χ0) is 55.3. The summed E-state index contributed by atoms with van der Waals surface area (Å²) in [5, 5.41) is 8.70. The highest BCUT2D eigenvalue weighted by Crippen LogP contribution is 2.35. The van der Waals surface area contributed by atoms with Gasteiger partial charge in [0, 0.05) is 86.1 Å². The fraction of sp³-hybridized carbons (Fsp3) is 0.766. The number of unbranched alkanes of at least 4 members (excludes halogenated alkanes) is 4. The van der Waals surface area contributed by atoms with Gasteiger partial charge in [-0.1, -0.05) is 116 Å². The highest BCUT2D eigenvalue weighted by atomic mass is 32.2. The average molecular weight is 1110 g/mol. The first-order chi connectivity index (χ1) is 37.2. The Hall–Kier alpha value is -2.49. The molecule has 1 aliphatic carbocycles. The molecule has 2 aromatic carbocycles. The molecule has 0 amide bonds. The van der Waals surface area contributed by atoms with E-state index < -0.39 is 0 Å². The normalized spacial score (nSPS) is 20.6. The topological polar surface area (TPSA) is 111 Å². The van der Waals surface area contributed by atoms with Crippen molar-refractivity contribution in [2.75, 3.05) is 134 Å². The van der Waals surface area contributed by atoms with Gasteiger partial charge in [-0.2, -0.15) is 13.1 Å². The lowest BCUT2D eigenvalue weighted by Gasteiger charge is -2.36. The number of piperazine rings is 2. The third-order valence-corrected chi connectivity index (χ3v) is 22.2. The maximum absolute atomic E-state index is 12.9. The van der Waals surface area contributed by atoms with Crippen molar-refractivity contribution in [1.29, 1.82) is 0 Å². The summed E-state index contributed by atoms with van der Waals surface area (Å²) in [6.07, 6.45) is 20.6. The molecule has 5 heterocycles. The van der Waals surface area contributed by atoms with Gasteiger partial charge in [0.1, 0.15) is 29.1 Å². The Morgan fingerprint density at radius 2 is 1.16 bits per heavy atom. The number of rotatable bonds is 23. The number of carbonyl (C=O) groups is 3. The molecule has 77 heavy (non-hydrogen) atoms. The zero-order valence-electron chi connectivity index (χ0n) is 50.0. The number of esters is 2. The van der Waals surface area contributed by atoms with Gasteiger partial charge < -0.3 is 29.9 Å². The molecule has 13 heteroatoms. The molecule has 0 spiro atoms. The van der Waals surface area contributed by atoms with Gasteiger partial charge in [0.15, 0.2) is 9.64 Å². The summed E-state index contributed by atoms with van der Waals surface area (Å²) in [6.45, 7) is 33.3. The number of hydrogen-bond acceptors (Lipinski definition) is 9. The maximum Gasteiger partial charge on any atom is 0.323 e. The quantitative estimate of drug-likeness (QED) is 0.0465. The van der Waals surface area contributed by atoms with Crippen molar-refractivity contribution in [2.24, 2.45) is 0 Å². The highest BCUT2D eigenvalue weighted by Gasteiger charge is 2.47. The molecule has 0 aromatic heterocycles. The van der Waals surface area contributed by atoms with E-state index in [-0.39, 0.29) is 39.0 Å². The van der Waals surface area contributed by atoms with Gasteiger partial charge in [-0.25, -0.2) is 0 Å². The van der Waals surface area contributed by atoms with Crippen molar-refractivity contribution in [2.45, 2.75) is 185 Å². The van der Waals surface area contributed by atoms with Gasteiger partial charge in [0.25, 0.3) is 0 Å². The number of nitrogens with zero attached hydrogens (tertiary/aromatic N) is 6. The molecule has 1 atom stereocenters. The fourth-order valence-corrected chi connectivity index (χ4v) is 16.5. The van der Waals surface area contributed by atoms with Gasteiger partial charge in [0.2, 0.25) is 5.78 Å². The van der Waals surface area contributed by atoms with Crippen LogP contribution >= 0.6 is 0 Å². The van der Waals surface area contributed by atoms with Crippen molar-refractivity contribution in [3.8, 4) is 0 Å². The van der Waals surface area contributed by atoms with Crippen LogP contribution < -0.4 is 0 Å². The minimum atomic E-state index is -0.178. The summed E-state index contributed by atoms with van der Waals surface area (Å²) in [5.74, 6) is 6.32. The van der Waals surface area contributed by atoms with Crippen LogP contribution in [0.5, 0.6) is 0 Å². The second-order valence-electron chi connectivity index (χ2n) is 23.7. The number of ketones is 1. The highest BCUT2D eigenvalue weighted by molar-refractivity contribution is 7.99. The first kappa shape index (κ1) is 65.3. The Morgan fingerprint density at radius 1 is 0.623 bits per heavy atom. The number of benzene rings is 2. The second kappa shape index (κ2) is 36.1. The van der Waals surface area contributed by atoms with E-state index in [0.29, 0.717) is 36.4 Å². The number of cyclic esters (lactones) is 1. The van der Waals surface area contributed by atoms with Gasteiger partial charge in [-0.05, 0) is 120 Å². The molecule has 5 aliphatic heterocycles. The Kier molecular flexibility index (Phi) is 30.6. The van der Waals surface area contributed by atoms with Crippen molar-refractivity contribution in [3.63, 3.8) is 0 Å². The lowest BCUT2D eigenvalue weighted by molar-refractivity contribution is -0.145. The molecule has 6 aliphatic rings. The fourth-order valence-electron chi connectivity index (χ4n) is 11.5. The molecule has 2 aromatic rings. The third-order valence-electron chi connectivity index (χ3n) is 16.5. The molecule has 1 saturated carbocycles. The van der Waals surface area contributed by atoms with Crippen LogP contribution in [-0.4, -0.2) is 183 Å². The summed E-state index contributed by atoms with van der Waals surface area (Å²) in [4.78, 5) is 47.0. The average Bonchev–Trinajstić information content (AvgIpc) is 4.28. The van der Waals surface area contributed by atoms with Crippen LogP contribution in [0.1, 0.15) is 186 Å². The Morgan fingerprint density at radius 3 is 1.66 bits per heavy atom. The van der Waals surface area contributed by atoms with Crippen LogP contribution in [0.4, 0.5) is 0 Å². The first-order valence-electron chi connectivity index (χ1n) is 30.8. The summed E-state index contributed by atoms with van der Waals surface area (Å²) < 4.78 is 9.86. The van der Waals surface area contributed by atoms with E-state index >= 15 is 0 Å². The zero-order valence-corrected chi connectivity index (χ0v) is 51.6. The van der Waals surface area contributed by atoms with Crippen LogP contribution in [0.15, 0.2) is 53.4 Å². The number of ether oxygens (including phenoxy) is 2. The summed E-state index contributed by atoms with van der Waals surface area (Å²) in [6, 6.07) is 18.0. The van der Waals surface area contributed by atoms with E-state index in [1.165, 1.54) is 144 Å². The number of Topliss-reactive ketones (excluding diaryl/α,β-unsaturated/α-hetero) is 1. The predicted octanol–water partition coefficient (Wildman–Crippen LogP) is 12.1. The van der Waals surface area contributed by atoms with Crippen LogP contribution in [0.3, 0.4) is 0 Å². The van der Waals surface area contributed by atoms with Gasteiger partial charge in [0.05, 0.1) is 19.8 Å². The number of hydrogen-bond donors (Lipinski definition) is 0. The summed E-state index contributed by atoms with van der Waals surface area (Å²) in [5.41, 5.74) is 4.10. The van der Waals surface area contributed by atoms with Gasteiger partial charge in [-0.15, -0.1) is 13.1 Å². The minimum absolute atomic E-state index is 0.0156. The molecule has 5 saturated heterocycles. The van der Waals surface area contributed by atoms with Crippen LogP contribution in [0, 0.1) is 0 Å². The van der Waals surface area contributed by atoms with Crippen LogP contribution in [0.25, 0.3) is 10.6 Å². The van der Waals surface area contributed by atoms with Gasteiger partial charge in [-0.3, -0.25) is 24.2 Å². The molecule has 11 nitrogen and oxygen atoms in total. The monoisotopic (exact) mass is 1100 g/mol. The second-order valence-corrected chi connectivity index (χ2v) is 28.8. The molecule has 1 unspecified atom stereocenters. The Balaban J connectivity index is 0.000000191. The van der Waals surface area contributed by atoms with E-state index in [2.05, 4.69) is 127 Å². The van der Waals surface area contributed by atoms with Crippen LogP contribution in [0.2, 0.25) is 0 Å². The molecular formula is C64H108N6O5S2. The molecule has 8 rings (SSSR count). The van der Waals surface area contributed by atoms with E-state index in [0.717, 1.165) is 96.4 Å². The lowest BCUT2D eigenvalue weighted by atomic mass is 9.83. The van der Waals surface area contributed by atoms with E-state index in [1.807, 2.05) is 6.92 Å². The summed E-state index contributed by atoms with van der Waals surface area (Å²) >= 11 is 0. The van der Waals surface area contributed by atoms with Crippen molar-refractivity contribution >= 4 is 39.5 Å². The molecular weight excluding hydrogens is 997 g/mol. The van der Waals surface area contributed by atoms with E-state index in [1.54, 1.807) is 4.90 Å². The molecule has 436 valence electrons. The van der Waals surface area contributed by atoms with Crippen molar-refractivity contribution in [3.05, 3.63) is 75.9 Å². The molecule has 6 fully saturated rings. The maximum atomic E-state index is 12.9. The molecule has 0 N–H and O–H groups in total. The SMILES string of the molecule is CC(C)(C(=O)c1ccc(C2CCCCC2)cc1)[S+]1CCCC1.CC(C)(C)c1ccc([S+]2CCCC2)cc1.CC[N-]CCCCCN1CCN(C2CCOC2=O)CC1.CC[N-]CCCCCN1CCN(CC(=O)OCC)CC1. The Bertz CT molecular complexity index is 1910. The minimum Gasteiger partial charge on any atom is -0.662 e. The lowest BCUT2D eigenvalue weighted by Crippen LogP contribution is -2.51. The largest absolute Gasteiger partial charge is 0.662 e. The molecule has 0 radical (unpaired) electrons. The van der Waals surface area contributed by atoms with E-state index in [9.17, 15) is 14.4 Å².